The highest BCUT2D eigenvalue weighted by Crippen LogP contribution is 2.40. The number of rotatable bonds is 2. The lowest BCUT2D eigenvalue weighted by Crippen LogP contribution is -2.47. The zero-order chi connectivity index (χ0) is 20.1. The van der Waals surface area contributed by atoms with Gasteiger partial charge in [-0.15, -0.1) is 11.3 Å². The summed E-state index contributed by atoms with van der Waals surface area (Å²) in [6.07, 6.45) is 0.201. The monoisotopic (exact) mass is 392 g/mol. The quantitative estimate of drug-likeness (QED) is 0.716. The Kier molecular flexibility index (Phi) is 4.16. The van der Waals surface area contributed by atoms with E-state index in [2.05, 4.69) is 4.99 Å². The van der Waals surface area contributed by atoms with Crippen LogP contribution in [0, 0.1) is 17.1 Å². The van der Waals surface area contributed by atoms with Crippen molar-refractivity contribution in [2.24, 2.45) is 10.7 Å². The second-order valence-corrected chi connectivity index (χ2v) is 7.96. The fourth-order valence-corrected chi connectivity index (χ4v) is 4.38. The van der Waals surface area contributed by atoms with Gasteiger partial charge in [-0.2, -0.15) is 5.26 Å². The highest BCUT2D eigenvalue weighted by molar-refractivity contribution is 7.17. The molecular formula is C21H17FN4OS. The smallest absolute Gasteiger partial charge is 0.231 e. The molecule has 0 fully saturated rings. The van der Waals surface area contributed by atoms with Crippen molar-refractivity contribution in [2.45, 2.75) is 18.9 Å². The maximum Gasteiger partial charge on any atom is 0.231 e. The summed E-state index contributed by atoms with van der Waals surface area (Å²) in [6.45, 7) is 1.88. The lowest BCUT2D eigenvalue weighted by molar-refractivity contribution is -0.128. The van der Waals surface area contributed by atoms with Crippen LogP contribution in [0.25, 0.3) is 21.2 Å². The lowest BCUT2D eigenvalue weighted by atomic mass is 9.85. The molecular weight excluding hydrogens is 375 g/mol. The number of guanidine groups is 1. The summed E-state index contributed by atoms with van der Waals surface area (Å²) in [5, 5.41) is 12.2. The zero-order valence-electron chi connectivity index (χ0n) is 15.4. The normalized spacial score (nSPS) is 19.6. The number of nitrogens with two attached hydrogens (primary N) is 1. The molecule has 4 rings (SSSR count). The number of thiophene rings is 1. The van der Waals surface area contributed by atoms with Crippen LogP contribution in [0.2, 0.25) is 0 Å². The average molecular weight is 392 g/mol. The van der Waals surface area contributed by atoms with E-state index < -0.39 is 11.4 Å². The Morgan fingerprint density at radius 3 is 2.82 bits per heavy atom. The summed E-state index contributed by atoms with van der Waals surface area (Å²) in [5.41, 5.74) is 7.62. The van der Waals surface area contributed by atoms with Gasteiger partial charge in [-0.25, -0.2) is 9.38 Å². The molecule has 0 radical (unpaired) electrons. The first-order valence-electron chi connectivity index (χ1n) is 8.66. The number of hydrogen-bond acceptors (Lipinski definition) is 5. The number of aliphatic imine (C=N–C) groups is 1. The molecule has 2 heterocycles. The fourth-order valence-electron chi connectivity index (χ4n) is 3.46. The van der Waals surface area contributed by atoms with E-state index in [1.165, 1.54) is 11.0 Å². The Hall–Kier alpha value is -3.24. The van der Waals surface area contributed by atoms with Gasteiger partial charge in [-0.3, -0.25) is 9.69 Å². The van der Waals surface area contributed by atoms with Gasteiger partial charge in [0, 0.05) is 11.7 Å². The lowest BCUT2D eigenvalue weighted by Gasteiger charge is -2.34. The molecule has 1 amide bonds. The molecule has 140 valence electrons. The first kappa shape index (κ1) is 18.1. The minimum absolute atomic E-state index is 0.00412. The van der Waals surface area contributed by atoms with Crippen LogP contribution in [0.15, 0.2) is 46.8 Å². The van der Waals surface area contributed by atoms with Crippen molar-refractivity contribution in [3.05, 3.63) is 58.7 Å². The van der Waals surface area contributed by atoms with Crippen LogP contribution in [-0.4, -0.2) is 23.8 Å². The summed E-state index contributed by atoms with van der Waals surface area (Å²) in [7, 11) is 1.61. The molecule has 2 aromatic carbocycles. The number of benzene rings is 2. The standard InChI is InChI=1S/C21H17FN4OS/c1-21(10-18(27)26(2)20(24)25-21)15-8-13-5-6-28-19(13)16(9-15)12-3-4-17(22)14(7-12)11-23/h3-9H,10H2,1-2H3,(H2,24,25)/t21-/m0/s1. The van der Waals surface area contributed by atoms with Gasteiger partial charge in [-0.05, 0) is 64.7 Å². The predicted octanol–water partition coefficient (Wildman–Crippen LogP) is 3.97. The number of carbonyl (C=O) groups is 1. The number of hydrogen-bond donors (Lipinski definition) is 1. The van der Waals surface area contributed by atoms with E-state index in [0.29, 0.717) is 0 Å². The highest BCUT2D eigenvalue weighted by atomic mass is 32.1. The number of nitrogens with zero attached hydrogens (tertiary/aromatic N) is 3. The summed E-state index contributed by atoms with van der Waals surface area (Å²) >= 11 is 1.57. The van der Waals surface area contributed by atoms with Crippen LogP contribution in [-0.2, 0) is 10.3 Å². The molecule has 0 spiro atoms. The van der Waals surface area contributed by atoms with Crippen LogP contribution >= 0.6 is 11.3 Å². The van der Waals surface area contributed by atoms with Gasteiger partial charge in [0.15, 0.2) is 5.96 Å². The molecule has 1 aliphatic heterocycles. The molecule has 3 aromatic rings. The minimum atomic E-state index is -0.795. The zero-order valence-corrected chi connectivity index (χ0v) is 16.2. The van der Waals surface area contributed by atoms with Gasteiger partial charge in [0.25, 0.3) is 0 Å². The molecule has 2 N–H and O–H groups in total. The number of nitriles is 1. The van der Waals surface area contributed by atoms with Crippen LogP contribution < -0.4 is 5.73 Å². The van der Waals surface area contributed by atoms with Crippen molar-refractivity contribution in [1.82, 2.24) is 4.90 Å². The summed E-state index contributed by atoms with van der Waals surface area (Å²) < 4.78 is 14.8. The summed E-state index contributed by atoms with van der Waals surface area (Å²) in [5.74, 6) is -0.468. The van der Waals surface area contributed by atoms with E-state index in [1.807, 2.05) is 36.6 Å². The second kappa shape index (κ2) is 6.43. The largest absolute Gasteiger partial charge is 0.369 e. The van der Waals surface area contributed by atoms with Gasteiger partial charge >= 0.3 is 0 Å². The Morgan fingerprint density at radius 1 is 1.32 bits per heavy atom. The Bertz CT molecular complexity index is 1190. The van der Waals surface area contributed by atoms with Crippen molar-refractivity contribution in [3.63, 3.8) is 0 Å². The third kappa shape index (κ3) is 2.83. The molecule has 1 aliphatic rings. The molecule has 1 atom stereocenters. The van der Waals surface area contributed by atoms with E-state index >= 15 is 0 Å². The summed E-state index contributed by atoms with van der Waals surface area (Å²) in [4.78, 5) is 18.3. The van der Waals surface area contributed by atoms with E-state index in [1.54, 1.807) is 30.5 Å². The molecule has 1 aromatic heterocycles. The van der Waals surface area contributed by atoms with Crippen LogP contribution in [0.5, 0.6) is 0 Å². The molecule has 0 unspecified atom stereocenters. The van der Waals surface area contributed by atoms with Crippen LogP contribution in [0.4, 0.5) is 4.39 Å². The number of halogens is 1. The second-order valence-electron chi connectivity index (χ2n) is 7.04. The third-order valence-corrected chi connectivity index (χ3v) is 6.11. The molecule has 28 heavy (non-hydrogen) atoms. The van der Waals surface area contributed by atoms with Gasteiger partial charge in [-0.1, -0.05) is 6.07 Å². The molecule has 0 bridgehead atoms. The van der Waals surface area contributed by atoms with Crippen LogP contribution in [0.1, 0.15) is 24.5 Å². The van der Waals surface area contributed by atoms with E-state index in [4.69, 9.17) is 5.73 Å². The van der Waals surface area contributed by atoms with E-state index in [0.717, 1.165) is 26.8 Å². The minimum Gasteiger partial charge on any atom is -0.369 e. The van der Waals surface area contributed by atoms with Crippen molar-refractivity contribution in [3.8, 4) is 17.2 Å². The SMILES string of the molecule is CN1C(=O)C[C@@](C)(c2cc(-c3ccc(F)c(C#N)c3)c3sccc3c2)N=C1N. The third-order valence-electron chi connectivity index (χ3n) is 5.15. The first-order valence-corrected chi connectivity index (χ1v) is 9.54. The van der Waals surface area contributed by atoms with Crippen molar-refractivity contribution in [1.29, 1.82) is 5.26 Å². The molecule has 7 heteroatoms. The van der Waals surface area contributed by atoms with Gasteiger partial charge in [0.05, 0.1) is 17.5 Å². The Labute approximate surface area is 165 Å². The predicted molar refractivity (Wildman–Crippen MR) is 108 cm³/mol. The van der Waals surface area contributed by atoms with Crippen molar-refractivity contribution in [2.75, 3.05) is 7.05 Å². The number of carbonyl (C=O) groups excluding carboxylic acids is 1. The van der Waals surface area contributed by atoms with E-state index in [9.17, 15) is 14.4 Å². The topological polar surface area (TPSA) is 82.5 Å². The van der Waals surface area contributed by atoms with Crippen LogP contribution in [0.3, 0.4) is 0 Å². The summed E-state index contributed by atoms with van der Waals surface area (Å²) in [6, 6.07) is 12.4. The van der Waals surface area contributed by atoms with Crippen molar-refractivity contribution < 1.29 is 9.18 Å². The molecule has 5 nitrogen and oxygen atoms in total. The molecule has 0 saturated carbocycles. The van der Waals surface area contributed by atoms with Gasteiger partial charge in [0.2, 0.25) is 5.91 Å². The molecule has 0 aliphatic carbocycles. The highest BCUT2D eigenvalue weighted by Gasteiger charge is 2.36. The molecule has 0 saturated heterocycles. The number of amides is 1. The average Bonchev–Trinajstić information content (AvgIpc) is 3.14. The Morgan fingerprint density at radius 2 is 2.11 bits per heavy atom. The van der Waals surface area contributed by atoms with Gasteiger partial charge in [0.1, 0.15) is 11.9 Å². The number of fused-ring (bicyclic) bond motifs is 1. The maximum absolute atomic E-state index is 13.8. The fraction of sp³-hybridized carbons (Fsp3) is 0.190. The Balaban J connectivity index is 1.94. The van der Waals surface area contributed by atoms with Gasteiger partial charge < -0.3 is 5.73 Å². The van der Waals surface area contributed by atoms with Crippen molar-refractivity contribution >= 4 is 33.3 Å². The maximum atomic E-state index is 13.8. The van der Waals surface area contributed by atoms with E-state index in [-0.39, 0.29) is 23.9 Å². The first-order chi connectivity index (χ1) is 13.3.